The van der Waals surface area contributed by atoms with Gasteiger partial charge in [0.15, 0.2) is 11.6 Å². The van der Waals surface area contributed by atoms with E-state index in [0.717, 1.165) is 5.56 Å². The van der Waals surface area contributed by atoms with Gasteiger partial charge in [-0.25, -0.2) is 0 Å². The van der Waals surface area contributed by atoms with Gasteiger partial charge in [-0.05, 0) is 24.3 Å². The average molecular weight is 305 g/mol. The first-order valence-corrected chi connectivity index (χ1v) is 7.47. The number of rotatable bonds is 1. The summed E-state index contributed by atoms with van der Waals surface area (Å²) in [6, 6.07) is 0. The number of carbonyl (C=O) groups excluding carboxylic acids is 2. The topological polar surface area (TPSA) is 87.2 Å². The molecule has 0 saturated heterocycles. The van der Waals surface area contributed by atoms with Gasteiger partial charge in [-0.1, -0.05) is 13.8 Å². The number of ketones is 2. The van der Waals surface area contributed by atoms with Crippen molar-refractivity contribution >= 4 is 33.1 Å². The second-order valence-corrected chi connectivity index (χ2v) is 7.31. The summed E-state index contributed by atoms with van der Waals surface area (Å²) >= 11 is 1.18. The van der Waals surface area contributed by atoms with E-state index >= 15 is 0 Å². The van der Waals surface area contributed by atoms with Crippen molar-refractivity contribution in [2.75, 3.05) is 0 Å². The van der Waals surface area contributed by atoms with Crippen molar-refractivity contribution in [3.05, 3.63) is 26.4 Å². The van der Waals surface area contributed by atoms with Crippen molar-refractivity contribution in [3.8, 4) is 5.75 Å². The molecule has 0 radical (unpaired) electrons. The van der Waals surface area contributed by atoms with E-state index in [-0.39, 0.29) is 22.5 Å². The van der Waals surface area contributed by atoms with Crippen LogP contribution in [0, 0.1) is 5.41 Å². The highest BCUT2D eigenvalue weighted by Crippen LogP contribution is 2.44. The first-order valence-electron chi connectivity index (χ1n) is 6.66. The van der Waals surface area contributed by atoms with Crippen LogP contribution >= 0.6 is 11.3 Å². The van der Waals surface area contributed by atoms with Crippen molar-refractivity contribution in [1.29, 1.82) is 0 Å². The molecule has 21 heavy (non-hydrogen) atoms. The quantitative estimate of drug-likeness (QED) is 0.793. The molecular weight excluding hydrogens is 290 g/mol. The minimum Gasteiger partial charge on any atom is -0.506 e. The number of pyridine rings is 1. The number of aromatic nitrogens is 1. The Balaban J connectivity index is 2.42. The largest absolute Gasteiger partial charge is 0.506 e. The van der Waals surface area contributed by atoms with Crippen LogP contribution in [0.25, 0.3) is 10.2 Å². The van der Waals surface area contributed by atoms with Gasteiger partial charge in [0.25, 0.3) is 5.56 Å². The molecule has 110 valence electrons. The van der Waals surface area contributed by atoms with Crippen LogP contribution in [0.2, 0.25) is 0 Å². The van der Waals surface area contributed by atoms with Crippen LogP contribution in [0.5, 0.6) is 5.75 Å². The molecule has 0 aromatic carbocycles. The molecule has 6 heteroatoms. The van der Waals surface area contributed by atoms with Crippen molar-refractivity contribution in [1.82, 2.24) is 4.98 Å². The van der Waals surface area contributed by atoms with Crippen molar-refractivity contribution < 1.29 is 14.7 Å². The normalized spacial score (nSPS) is 17.0. The monoisotopic (exact) mass is 305 g/mol. The van der Waals surface area contributed by atoms with E-state index < -0.39 is 11.3 Å². The van der Waals surface area contributed by atoms with Gasteiger partial charge < -0.3 is 10.1 Å². The standard InChI is InChI=1S/C15H15NO4S/c1-6(17)9-11(19)10-7-4-15(2,3)5-8(18)12(7)21-14(10)16-13(9)20/h4-5H2,1-3H3,(H2,16,19,20). The molecule has 2 aromatic rings. The van der Waals surface area contributed by atoms with Crippen LogP contribution in [0.3, 0.4) is 0 Å². The van der Waals surface area contributed by atoms with Crippen molar-refractivity contribution in [2.24, 2.45) is 5.41 Å². The molecule has 0 saturated carbocycles. The Bertz CT molecular complexity index is 857. The summed E-state index contributed by atoms with van der Waals surface area (Å²) in [5.41, 5.74) is -0.305. The Morgan fingerprint density at radius 3 is 2.57 bits per heavy atom. The minimum absolute atomic E-state index is 0.0204. The second kappa shape index (κ2) is 4.27. The lowest BCUT2D eigenvalue weighted by Crippen LogP contribution is -2.25. The van der Waals surface area contributed by atoms with Crippen LogP contribution in [0.4, 0.5) is 0 Å². The predicted octanol–water partition coefficient (Wildman–Crippen LogP) is 2.65. The fraction of sp³-hybridized carbons (Fsp3) is 0.400. The zero-order chi connectivity index (χ0) is 15.5. The van der Waals surface area contributed by atoms with Gasteiger partial charge in [0.2, 0.25) is 0 Å². The zero-order valence-electron chi connectivity index (χ0n) is 12.0. The SMILES string of the molecule is CC(=O)c1c(O)c2c3c(sc2[nH]c1=O)C(=O)CC(C)(C)C3. The fourth-order valence-corrected chi connectivity index (χ4v) is 4.13. The van der Waals surface area contributed by atoms with E-state index in [1.165, 1.54) is 18.3 Å². The van der Waals surface area contributed by atoms with Crippen molar-refractivity contribution in [3.63, 3.8) is 0 Å². The first-order chi connectivity index (χ1) is 9.71. The number of nitrogens with one attached hydrogen (secondary N) is 1. The van der Waals surface area contributed by atoms with E-state index in [1.54, 1.807) is 0 Å². The van der Waals surface area contributed by atoms with Gasteiger partial charge in [0.05, 0.1) is 10.3 Å². The number of hydrogen-bond acceptors (Lipinski definition) is 5. The van der Waals surface area contributed by atoms with Crippen LogP contribution in [-0.2, 0) is 6.42 Å². The van der Waals surface area contributed by atoms with Gasteiger partial charge >= 0.3 is 0 Å². The van der Waals surface area contributed by atoms with E-state index in [2.05, 4.69) is 4.98 Å². The number of thiophene rings is 1. The highest BCUT2D eigenvalue weighted by Gasteiger charge is 2.35. The fourth-order valence-electron chi connectivity index (χ4n) is 2.98. The summed E-state index contributed by atoms with van der Waals surface area (Å²) in [5, 5.41) is 10.8. The third-order valence-corrected chi connectivity index (χ3v) is 5.02. The lowest BCUT2D eigenvalue weighted by molar-refractivity contribution is 0.0917. The first kappa shape index (κ1) is 14.0. The maximum Gasteiger partial charge on any atom is 0.263 e. The number of aromatic amines is 1. The molecular formula is C15H15NO4S. The molecule has 0 unspecified atom stereocenters. The van der Waals surface area contributed by atoms with Crippen molar-refractivity contribution in [2.45, 2.75) is 33.6 Å². The number of fused-ring (bicyclic) bond motifs is 3. The minimum atomic E-state index is -0.613. The van der Waals surface area contributed by atoms with Crippen LogP contribution in [-0.4, -0.2) is 21.7 Å². The third-order valence-electron chi connectivity index (χ3n) is 3.83. The number of aromatic hydroxyl groups is 1. The number of hydrogen-bond donors (Lipinski definition) is 2. The molecule has 2 aromatic heterocycles. The van der Waals surface area contributed by atoms with E-state index in [0.29, 0.717) is 27.9 Å². The number of carbonyl (C=O) groups is 2. The third kappa shape index (κ3) is 2.01. The summed E-state index contributed by atoms with van der Waals surface area (Å²) in [5.74, 6) is -0.770. The summed E-state index contributed by atoms with van der Waals surface area (Å²) in [6.07, 6.45) is 1.07. The molecule has 0 bridgehead atoms. The average Bonchev–Trinajstić information content (AvgIpc) is 2.65. The highest BCUT2D eigenvalue weighted by molar-refractivity contribution is 7.20. The smallest absolute Gasteiger partial charge is 0.263 e. The summed E-state index contributed by atoms with van der Waals surface area (Å²) in [7, 11) is 0. The van der Waals surface area contributed by atoms with Gasteiger partial charge in [0.1, 0.15) is 16.1 Å². The second-order valence-electron chi connectivity index (χ2n) is 6.29. The Morgan fingerprint density at radius 2 is 1.95 bits per heavy atom. The molecule has 3 rings (SSSR count). The molecule has 2 N–H and O–H groups in total. The van der Waals surface area contributed by atoms with E-state index in [9.17, 15) is 19.5 Å². The molecule has 5 nitrogen and oxygen atoms in total. The maximum atomic E-state index is 12.3. The van der Waals surface area contributed by atoms with Crippen LogP contribution in [0.1, 0.15) is 52.8 Å². The summed E-state index contributed by atoms with van der Waals surface area (Å²) in [4.78, 5) is 39.4. The molecule has 0 atom stereocenters. The molecule has 0 amide bonds. The van der Waals surface area contributed by atoms with Crippen LogP contribution < -0.4 is 5.56 Å². The van der Waals surface area contributed by atoms with E-state index in [1.807, 2.05) is 13.8 Å². The maximum absolute atomic E-state index is 12.3. The van der Waals surface area contributed by atoms with Gasteiger partial charge in [-0.2, -0.15) is 0 Å². The molecule has 2 heterocycles. The Labute approximate surface area is 124 Å². The Kier molecular flexibility index (Phi) is 2.85. The summed E-state index contributed by atoms with van der Waals surface area (Å²) < 4.78 is 0. The van der Waals surface area contributed by atoms with Crippen LogP contribution in [0.15, 0.2) is 4.79 Å². The van der Waals surface area contributed by atoms with Gasteiger partial charge in [-0.15, -0.1) is 11.3 Å². The summed E-state index contributed by atoms with van der Waals surface area (Å²) in [6.45, 7) is 5.22. The number of Topliss-reactive ketones (excluding diaryl/α,β-unsaturated/α-hetero) is 2. The number of H-pyrrole nitrogens is 1. The van der Waals surface area contributed by atoms with Gasteiger partial charge in [0, 0.05) is 6.42 Å². The van der Waals surface area contributed by atoms with Gasteiger partial charge in [-0.3, -0.25) is 14.4 Å². The molecule has 0 aliphatic heterocycles. The Morgan fingerprint density at radius 1 is 1.29 bits per heavy atom. The lowest BCUT2D eigenvalue weighted by atomic mass is 9.76. The zero-order valence-corrected chi connectivity index (χ0v) is 12.8. The van der Waals surface area contributed by atoms with E-state index in [4.69, 9.17) is 0 Å². The molecule has 0 fully saturated rings. The molecule has 1 aliphatic carbocycles. The predicted molar refractivity (Wildman–Crippen MR) is 80.5 cm³/mol. The Hall–Kier alpha value is -1.95. The highest BCUT2D eigenvalue weighted by atomic mass is 32.1. The molecule has 1 aliphatic rings. The molecule has 0 spiro atoms. The lowest BCUT2D eigenvalue weighted by Gasteiger charge is -2.28.